The molecule has 0 amide bonds. The zero-order chi connectivity index (χ0) is 19.7. The number of morpholine rings is 2. The summed E-state index contributed by atoms with van der Waals surface area (Å²) >= 11 is 0. The number of nitrogens with zero attached hydrogens (tertiary/aromatic N) is 3. The predicted molar refractivity (Wildman–Crippen MR) is 97.4 cm³/mol. The van der Waals surface area contributed by atoms with Crippen molar-refractivity contribution in [1.29, 1.82) is 0 Å². The summed E-state index contributed by atoms with van der Waals surface area (Å²) in [6, 6.07) is 1.35. The SMILES string of the molecule is COC(=O)c1cnc(N2CCOC(C)(C)C2)c(S(=O)(=O)N2CCOCC2)c1. The first-order valence-corrected chi connectivity index (χ1v) is 10.2. The molecule has 1 aromatic rings. The predicted octanol–water partition coefficient (Wildman–Crippen LogP) is 0.504. The molecule has 0 aliphatic carbocycles. The third-order valence-corrected chi connectivity index (χ3v) is 6.47. The topological polar surface area (TPSA) is 98.3 Å². The van der Waals surface area contributed by atoms with Gasteiger partial charge in [-0.25, -0.2) is 18.2 Å². The van der Waals surface area contributed by atoms with E-state index in [1.54, 1.807) is 0 Å². The molecule has 3 rings (SSSR count). The van der Waals surface area contributed by atoms with Gasteiger partial charge >= 0.3 is 5.97 Å². The van der Waals surface area contributed by atoms with Crippen LogP contribution in [0.25, 0.3) is 0 Å². The first kappa shape index (κ1) is 20.0. The quantitative estimate of drug-likeness (QED) is 0.675. The highest BCUT2D eigenvalue weighted by atomic mass is 32.2. The third kappa shape index (κ3) is 4.23. The maximum atomic E-state index is 13.3. The second-order valence-electron chi connectivity index (χ2n) is 7.08. The lowest BCUT2D eigenvalue weighted by Crippen LogP contribution is -2.49. The van der Waals surface area contributed by atoms with Gasteiger partial charge in [0.2, 0.25) is 10.0 Å². The highest BCUT2D eigenvalue weighted by Crippen LogP contribution is 2.30. The highest BCUT2D eigenvalue weighted by Gasteiger charge is 2.35. The fourth-order valence-corrected chi connectivity index (χ4v) is 4.81. The minimum absolute atomic E-state index is 0.00463. The van der Waals surface area contributed by atoms with E-state index in [0.29, 0.717) is 38.7 Å². The molecule has 2 saturated heterocycles. The molecule has 0 saturated carbocycles. The van der Waals surface area contributed by atoms with Gasteiger partial charge in [0.15, 0.2) is 0 Å². The van der Waals surface area contributed by atoms with Crippen LogP contribution in [0.5, 0.6) is 0 Å². The van der Waals surface area contributed by atoms with Crippen LogP contribution in [0.1, 0.15) is 24.2 Å². The van der Waals surface area contributed by atoms with E-state index >= 15 is 0 Å². The van der Waals surface area contributed by atoms with Crippen LogP contribution in [-0.2, 0) is 24.2 Å². The molecule has 0 aromatic carbocycles. The molecule has 0 bridgehead atoms. The van der Waals surface area contributed by atoms with E-state index in [2.05, 4.69) is 4.98 Å². The molecule has 0 spiro atoms. The number of hydrogen-bond acceptors (Lipinski definition) is 8. The highest BCUT2D eigenvalue weighted by molar-refractivity contribution is 7.89. The first-order chi connectivity index (χ1) is 12.7. The largest absolute Gasteiger partial charge is 0.465 e. The van der Waals surface area contributed by atoms with Crippen molar-refractivity contribution in [3.8, 4) is 0 Å². The number of methoxy groups -OCH3 is 1. The Morgan fingerprint density at radius 3 is 2.56 bits per heavy atom. The van der Waals surface area contributed by atoms with Gasteiger partial charge in [-0.15, -0.1) is 0 Å². The number of pyridine rings is 1. The number of anilines is 1. The molecular weight excluding hydrogens is 374 g/mol. The molecule has 150 valence electrons. The minimum atomic E-state index is -3.84. The molecule has 0 radical (unpaired) electrons. The Labute approximate surface area is 159 Å². The average Bonchev–Trinajstić information content (AvgIpc) is 2.66. The average molecular weight is 399 g/mol. The van der Waals surface area contributed by atoms with Crippen molar-refractivity contribution in [3.05, 3.63) is 17.8 Å². The molecule has 2 aliphatic heterocycles. The number of carbonyl (C=O) groups excluding carboxylic acids is 1. The van der Waals surface area contributed by atoms with Gasteiger partial charge in [-0.2, -0.15) is 4.31 Å². The molecule has 10 heteroatoms. The van der Waals surface area contributed by atoms with E-state index in [9.17, 15) is 13.2 Å². The summed E-state index contributed by atoms with van der Waals surface area (Å²) in [6.45, 7) is 6.55. The molecule has 27 heavy (non-hydrogen) atoms. The number of rotatable bonds is 4. The van der Waals surface area contributed by atoms with Gasteiger partial charge in [0.25, 0.3) is 0 Å². The second-order valence-corrected chi connectivity index (χ2v) is 8.99. The molecule has 9 nitrogen and oxygen atoms in total. The normalized spacial score (nSPS) is 21.1. The molecule has 0 atom stereocenters. The molecule has 0 unspecified atom stereocenters. The standard InChI is InChI=1S/C17H25N3O6S/c1-17(2)12-19(4-9-26-17)15-14(10-13(11-18-15)16(21)24-3)27(22,23)20-5-7-25-8-6-20/h10-11H,4-9,12H2,1-3H3. The van der Waals surface area contributed by atoms with E-state index in [-0.39, 0.29) is 23.5 Å². The molecule has 2 aliphatic rings. The summed E-state index contributed by atoms with van der Waals surface area (Å²) < 4.78 is 43.7. The van der Waals surface area contributed by atoms with Crippen LogP contribution in [0.3, 0.4) is 0 Å². The maximum Gasteiger partial charge on any atom is 0.339 e. The van der Waals surface area contributed by atoms with E-state index < -0.39 is 21.6 Å². The van der Waals surface area contributed by atoms with Crippen molar-refractivity contribution in [3.63, 3.8) is 0 Å². The summed E-state index contributed by atoms with van der Waals surface area (Å²) in [4.78, 5) is 18.2. The van der Waals surface area contributed by atoms with E-state index in [1.807, 2.05) is 18.7 Å². The molecule has 0 N–H and O–H groups in total. The van der Waals surface area contributed by atoms with Gasteiger partial charge in [-0.1, -0.05) is 0 Å². The summed E-state index contributed by atoms with van der Waals surface area (Å²) in [7, 11) is -2.60. The van der Waals surface area contributed by atoms with Crippen LogP contribution < -0.4 is 4.90 Å². The summed E-state index contributed by atoms with van der Waals surface area (Å²) in [5.41, 5.74) is -0.332. The molecular formula is C17H25N3O6S. The van der Waals surface area contributed by atoms with Crippen molar-refractivity contribution in [2.45, 2.75) is 24.3 Å². The van der Waals surface area contributed by atoms with Gasteiger partial charge < -0.3 is 19.1 Å². The Morgan fingerprint density at radius 1 is 1.22 bits per heavy atom. The monoisotopic (exact) mass is 399 g/mol. The lowest BCUT2D eigenvalue weighted by Gasteiger charge is -2.39. The van der Waals surface area contributed by atoms with Crippen LogP contribution in [0.2, 0.25) is 0 Å². The van der Waals surface area contributed by atoms with Crippen molar-refractivity contribution in [2.75, 3.05) is 58.0 Å². The fraction of sp³-hybridized carbons (Fsp3) is 0.647. The van der Waals surface area contributed by atoms with Crippen LogP contribution >= 0.6 is 0 Å². The van der Waals surface area contributed by atoms with Crippen LogP contribution in [-0.4, -0.2) is 82.4 Å². The Morgan fingerprint density at radius 2 is 1.93 bits per heavy atom. The van der Waals surface area contributed by atoms with Crippen LogP contribution in [0.4, 0.5) is 5.82 Å². The Hall–Kier alpha value is -1.75. The smallest absolute Gasteiger partial charge is 0.339 e. The lowest BCUT2D eigenvalue weighted by molar-refractivity contribution is -0.0280. The number of ether oxygens (including phenoxy) is 3. The Balaban J connectivity index is 2.06. The zero-order valence-electron chi connectivity index (χ0n) is 15.8. The summed E-state index contributed by atoms with van der Waals surface area (Å²) in [5.74, 6) is -0.305. The van der Waals surface area contributed by atoms with Crippen LogP contribution in [0, 0.1) is 0 Å². The van der Waals surface area contributed by atoms with E-state index in [4.69, 9.17) is 14.2 Å². The summed E-state index contributed by atoms with van der Waals surface area (Å²) in [6.07, 6.45) is 1.35. The van der Waals surface area contributed by atoms with Crippen molar-refractivity contribution < 1.29 is 27.4 Å². The van der Waals surface area contributed by atoms with E-state index in [1.165, 1.54) is 23.7 Å². The first-order valence-electron chi connectivity index (χ1n) is 8.80. The van der Waals surface area contributed by atoms with Crippen molar-refractivity contribution >= 4 is 21.8 Å². The van der Waals surface area contributed by atoms with Gasteiger partial charge in [0.1, 0.15) is 10.7 Å². The van der Waals surface area contributed by atoms with Gasteiger partial charge in [0.05, 0.1) is 38.1 Å². The zero-order valence-corrected chi connectivity index (χ0v) is 16.6. The minimum Gasteiger partial charge on any atom is -0.465 e. The van der Waals surface area contributed by atoms with Crippen molar-refractivity contribution in [1.82, 2.24) is 9.29 Å². The number of aromatic nitrogens is 1. The second kappa shape index (κ2) is 7.70. The van der Waals surface area contributed by atoms with Gasteiger partial charge in [0, 0.05) is 32.4 Å². The number of esters is 1. The molecule has 1 aromatic heterocycles. The number of hydrogen-bond donors (Lipinski definition) is 0. The molecule has 2 fully saturated rings. The summed E-state index contributed by atoms with van der Waals surface area (Å²) in [5, 5.41) is 0. The fourth-order valence-electron chi connectivity index (χ4n) is 3.22. The van der Waals surface area contributed by atoms with Crippen molar-refractivity contribution in [2.24, 2.45) is 0 Å². The van der Waals surface area contributed by atoms with Gasteiger partial charge in [-0.05, 0) is 19.9 Å². The van der Waals surface area contributed by atoms with Gasteiger partial charge in [-0.3, -0.25) is 0 Å². The van der Waals surface area contributed by atoms with Crippen LogP contribution in [0.15, 0.2) is 17.2 Å². The number of carbonyl (C=O) groups is 1. The van der Waals surface area contributed by atoms with E-state index in [0.717, 1.165) is 0 Å². The third-order valence-electron chi connectivity index (χ3n) is 4.57. The maximum absolute atomic E-state index is 13.3. The molecule has 3 heterocycles. The lowest BCUT2D eigenvalue weighted by atomic mass is 10.1. The Kier molecular flexibility index (Phi) is 5.71. The number of sulfonamides is 1. The Bertz CT molecular complexity index is 805.